The Morgan fingerprint density at radius 3 is 1.66 bits per heavy atom. The lowest BCUT2D eigenvalue weighted by Crippen LogP contribution is -2.29. The van der Waals surface area contributed by atoms with E-state index in [0.29, 0.717) is 23.5 Å². The number of nitrogens with zero attached hydrogens (tertiary/aromatic N) is 5. The van der Waals surface area contributed by atoms with Gasteiger partial charge < -0.3 is 14.4 Å². The highest BCUT2D eigenvalue weighted by Crippen LogP contribution is 2.26. The Morgan fingerprint density at radius 1 is 0.714 bits per heavy atom. The van der Waals surface area contributed by atoms with Gasteiger partial charge in [-0.25, -0.2) is 0 Å². The van der Waals surface area contributed by atoms with E-state index in [1.54, 1.807) is 31.2 Å². The molecule has 0 radical (unpaired) electrons. The third-order valence-electron chi connectivity index (χ3n) is 5.55. The first-order chi connectivity index (χ1) is 17.2. The van der Waals surface area contributed by atoms with Crippen LogP contribution in [0.4, 0.5) is 28.4 Å². The summed E-state index contributed by atoms with van der Waals surface area (Å²) in [7, 11) is 0. The first-order valence-electron chi connectivity index (χ1n) is 11.9. The van der Waals surface area contributed by atoms with E-state index in [0.717, 1.165) is 24.5 Å². The third kappa shape index (κ3) is 7.46. The van der Waals surface area contributed by atoms with Gasteiger partial charge in [-0.1, -0.05) is 6.92 Å². The molecule has 0 saturated carbocycles. The molecule has 1 saturated heterocycles. The van der Waals surface area contributed by atoms with Crippen LogP contribution in [0.15, 0.2) is 93.3 Å². The monoisotopic (exact) mass is 471 g/mol. The first kappa shape index (κ1) is 24.1. The van der Waals surface area contributed by atoms with Crippen molar-refractivity contribution in [2.45, 2.75) is 32.6 Å². The zero-order valence-corrected chi connectivity index (χ0v) is 19.8. The van der Waals surface area contributed by atoms with Crippen molar-refractivity contribution in [1.29, 1.82) is 0 Å². The van der Waals surface area contributed by atoms with Crippen LogP contribution >= 0.6 is 0 Å². The van der Waals surface area contributed by atoms with Crippen LogP contribution in [0.5, 0.6) is 5.75 Å². The summed E-state index contributed by atoms with van der Waals surface area (Å²) in [4.78, 5) is 13.5. The molecule has 0 unspecified atom stereocenters. The molecule has 1 heterocycles. The van der Waals surface area contributed by atoms with Crippen LogP contribution in [0.1, 0.15) is 32.6 Å². The molecule has 1 fully saturated rings. The minimum Gasteiger partial charge on any atom is -0.457 e. The number of rotatable bonds is 9. The Balaban J connectivity index is 1.27. The van der Waals surface area contributed by atoms with E-state index in [4.69, 9.17) is 9.47 Å². The Labute approximate surface area is 205 Å². The van der Waals surface area contributed by atoms with Crippen molar-refractivity contribution in [2.75, 3.05) is 24.8 Å². The van der Waals surface area contributed by atoms with Crippen molar-refractivity contribution in [3.63, 3.8) is 0 Å². The molecule has 4 rings (SSSR count). The molecule has 3 aromatic rings. The molecular weight excluding hydrogens is 442 g/mol. The van der Waals surface area contributed by atoms with Gasteiger partial charge in [-0.3, -0.25) is 4.79 Å². The summed E-state index contributed by atoms with van der Waals surface area (Å²) in [6, 6.07) is 22.7. The topological polar surface area (TPSA) is 88.2 Å². The number of carbonyl (C=O) groups excluding carboxylic acids is 1. The largest absolute Gasteiger partial charge is 0.457 e. The Bertz CT molecular complexity index is 1140. The highest BCUT2D eigenvalue weighted by Gasteiger charge is 2.10. The number of hydrogen-bond donors (Lipinski definition) is 0. The van der Waals surface area contributed by atoms with Gasteiger partial charge in [-0.15, -0.1) is 0 Å². The fourth-order valence-electron chi connectivity index (χ4n) is 3.57. The van der Waals surface area contributed by atoms with Crippen molar-refractivity contribution < 1.29 is 14.3 Å². The maximum atomic E-state index is 11.1. The van der Waals surface area contributed by atoms with E-state index < -0.39 is 0 Å². The summed E-state index contributed by atoms with van der Waals surface area (Å²) in [6.07, 6.45) is 4.17. The van der Waals surface area contributed by atoms with Gasteiger partial charge in [0.1, 0.15) is 5.75 Å². The molecule has 0 spiro atoms. The highest BCUT2D eigenvalue weighted by atomic mass is 16.7. The lowest BCUT2D eigenvalue weighted by molar-refractivity contribution is -0.149. The van der Waals surface area contributed by atoms with Crippen LogP contribution in [-0.2, 0) is 9.53 Å². The van der Waals surface area contributed by atoms with Crippen molar-refractivity contribution in [1.82, 2.24) is 0 Å². The van der Waals surface area contributed by atoms with Gasteiger partial charge >= 0.3 is 5.97 Å². The van der Waals surface area contributed by atoms with Crippen LogP contribution in [-0.4, -0.2) is 25.9 Å². The zero-order chi connectivity index (χ0) is 24.3. The fourth-order valence-corrected chi connectivity index (χ4v) is 3.57. The normalized spacial score (nSPS) is 13.9. The zero-order valence-electron chi connectivity index (χ0n) is 19.8. The van der Waals surface area contributed by atoms with Crippen molar-refractivity contribution >= 4 is 34.4 Å². The van der Waals surface area contributed by atoms with E-state index >= 15 is 0 Å². The fraction of sp³-hybridized carbons (Fsp3) is 0.296. The Kier molecular flexibility index (Phi) is 8.53. The van der Waals surface area contributed by atoms with Gasteiger partial charge in [0.25, 0.3) is 0 Å². The minimum atomic E-state index is -0.301. The number of anilines is 1. The summed E-state index contributed by atoms with van der Waals surface area (Å²) in [6.45, 7) is 3.88. The third-order valence-corrected chi connectivity index (χ3v) is 5.55. The van der Waals surface area contributed by atoms with Gasteiger partial charge in [0.05, 0.1) is 22.7 Å². The molecule has 1 aliphatic rings. The van der Waals surface area contributed by atoms with Gasteiger partial charge in [0.2, 0.25) is 6.79 Å². The predicted octanol–water partition coefficient (Wildman–Crippen LogP) is 7.80. The van der Waals surface area contributed by atoms with E-state index in [-0.39, 0.29) is 12.8 Å². The van der Waals surface area contributed by atoms with Crippen molar-refractivity contribution in [3.8, 4) is 5.75 Å². The number of benzene rings is 3. The van der Waals surface area contributed by atoms with Gasteiger partial charge in [-0.05, 0) is 92.1 Å². The number of azo groups is 2. The van der Waals surface area contributed by atoms with Crippen LogP contribution in [0.3, 0.4) is 0 Å². The molecule has 0 N–H and O–H groups in total. The van der Waals surface area contributed by atoms with Crippen molar-refractivity contribution in [3.05, 3.63) is 72.8 Å². The van der Waals surface area contributed by atoms with E-state index in [9.17, 15) is 4.79 Å². The minimum absolute atomic E-state index is 0.110. The number of hydrogen-bond acceptors (Lipinski definition) is 8. The summed E-state index contributed by atoms with van der Waals surface area (Å²) >= 11 is 0. The molecule has 0 amide bonds. The first-order valence-corrected chi connectivity index (χ1v) is 11.9. The maximum absolute atomic E-state index is 11.1. The molecule has 3 aromatic carbocycles. The highest BCUT2D eigenvalue weighted by molar-refractivity contribution is 5.68. The van der Waals surface area contributed by atoms with Gasteiger partial charge in [0, 0.05) is 25.2 Å². The quantitative estimate of drug-likeness (QED) is 0.181. The molecule has 0 atom stereocenters. The molecule has 1 aliphatic heterocycles. The number of carbonyl (C=O) groups is 1. The molecule has 0 bridgehead atoms. The summed E-state index contributed by atoms with van der Waals surface area (Å²) in [5.74, 6) is 0.286. The second kappa shape index (κ2) is 12.4. The van der Waals surface area contributed by atoms with Crippen LogP contribution < -0.4 is 9.64 Å². The molecule has 35 heavy (non-hydrogen) atoms. The lowest BCUT2D eigenvalue weighted by atomic mass is 10.1. The summed E-state index contributed by atoms with van der Waals surface area (Å²) in [5.41, 5.74) is 4.21. The molecular formula is C27H29N5O3. The van der Waals surface area contributed by atoms with E-state index in [2.05, 4.69) is 37.5 Å². The molecule has 180 valence electrons. The molecule has 8 heteroatoms. The number of esters is 1. The Morgan fingerprint density at radius 2 is 1.17 bits per heavy atom. The van der Waals surface area contributed by atoms with Crippen molar-refractivity contribution in [2.24, 2.45) is 20.5 Å². The standard InChI is InChI=1S/C27H29N5O3/c1-2-27(33)35-20-34-26-16-12-24(13-17-26)31-29-22-8-6-21(7-9-22)28-30-23-10-14-25(15-11-23)32-18-4-3-5-19-32/h6-17H,2-5,18-20H2,1H3. The predicted molar refractivity (Wildman–Crippen MR) is 136 cm³/mol. The van der Waals surface area contributed by atoms with E-state index in [1.807, 2.05) is 36.4 Å². The second-order valence-electron chi connectivity index (χ2n) is 8.11. The lowest BCUT2D eigenvalue weighted by Gasteiger charge is -2.28. The smallest absolute Gasteiger partial charge is 0.308 e. The maximum Gasteiger partial charge on any atom is 0.308 e. The SMILES string of the molecule is CCC(=O)OCOc1ccc(N=Nc2ccc(N=Nc3ccc(N4CCCCC4)cc3)cc2)cc1. The molecule has 8 nitrogen and oxygen atoms in total. The van der Waals surface area contributed by atoms with Crippen LogP contribution in [0.2, 0.25) is 0 Å². The summed E-state index contributed by atoms with van der Waals surface area (Å²) in [5, 5.41) is 17.2. The molecule has 0 aliphatic carbocycles. The number of piperidine rings is 1. The number of ether oxygens (including phenoxy) is 2. The van der Waals surface area contributed by atoms with Crippen LogP contribution in [0.25, 0.3) is 0 Å². The second-order valence-corrected chi connectivity index (χ2v) is 8.11. The van der Waals surface area contributed by atoms with E-state index in [1.165, 1.54) is 24.9 Å². The average Bonchev–Trinajstić information content (AvgIpc) is 2.92. The van der Waals surface area contributed by atoms with Gasteiger partial charge in [0.15, 0.2) is 0 Å². The van der Waals surface area contributed by atoms with Crippen LogP contribution in [0, 0.1) is 0 Å². The molecule has 0 aromatic heterocycles. The summed E-state index contributed by atoms with van der Waals surface area (Å²) < 4.78 is 10.3. The Hall–Kier alpha value is -4.07. The average molecular weight is 472 g/mol. The van der Waals surface area contributed by atoms with Gasteiger partial charge in [-0.2, -0.15) is 20.5 Å².